The van der Waals surface area contributed by atoms with Crippen molar-refractivity contribution in [3.63, 3.8) is 0 Å². The summed E-state index contributed by atoms with van der Waals surface area (Å²) in [4.78, 5) is 19.9. The van der Waals surface area contributed by atoms with E-state index < -0.39 is 24.2 Å². The summed E-state index contributed by atoms with van der Waals surface area (Å²) >= 11 is 0. The van der Waals surface area contributed by atoms with Crippen molar-refractivity contribution in [1.82, 2.24) is 0 Å². The van der Waals surface area contributed by atoms with Crippen molar-refractivity contribution in [1.29, 1.82) is 0 Å². The van der Waals surface area contributed by atoms with E-state index in [1.165, 1.54) is 0 Å². The van der Waals surface area contributed by atoms with Gasteiger partial charge in [0.15, 0.2) is 0 Å². The second-order valence-corrected chi connectivity index (χ2v) is 1.80. The first-order valence-electron chi connectivity index (χ1n) is 2.43. The molecule has 0 aromatic heterocycles. The molecule has 0 radical (unpaired) electrons. The molecule has 6 heteroatoms. The molecule has 0 aliphatic heterocycles. The normalized spacial score (nSPS) is 10.2. The van der Waals surface area contributed by atoms with Crippen LogP contribution in [-0.2, 0) is 9.59 Å². The van der Waals surface area contributed by atoms with Gasteiger partial charge in [0.2, 0.25) is 5.78 Å². The summed E-state index contributed by atoms with van der Waals surface area (Å²) < 4.78 is 33.9. The van der Waals surface area contributed by atoms with Crippen molar-refractivity contribution >= 4 is 60.4 Å². The van der Waals surface area contributed by atoms with Crippen LogP contribution in [0.15, 0.2) is 0 Å². The molecule has 0 aliphatic rings. The van der Waals surface area contributed by atoms with E-state index >= 15 is 0 Å². The van der Waals surface area contributed by atoms with Crippen molar-refractivity contribution in [2.75, 3.05) is 0 Å². The molecule has 0 atom stereocenters. The van der Waals surface area contributed by atoms with Gasteiger partial charge >= 0.3 is 55.1 Å². The van der Waals surface area contributed by atoms with Crippen molar-refractivity contribution < 1.29 is 22.8 Å². The molecule has 0 spiro atoms. The summed E-state index contributed by atoms with van der Waals surface area (Å²) in [5, 5.41) is 0. The average Bonchev–Trinajstić information content (AvgIpc) is 1.60. The predicted octanol–water partition coefficient (Wildman–Crippen LogP) is 0.716. The smallest absolute Gasteiger partial charge is 0.300 e. The second kappa shape index (κ2) is 5.37. The van der Waals surface area contributed by atoms with E-state index in [1.807, 2.05) is 0 Å². The summed E-state index contributed by atoms with van der Waals surface area (Å²) in [6.45, 7) is 0.934. The number of alkyl halides is 3. The molecule has 0 heterocycles. The Bertz CT molecular complexity index is 164. The third kappa shape index (κ3) is 7.08. The van der Waals surface area contributed by atoms with Crippen LogP contribution in [0.4, 0.5) is 13.2 Å². The van der Waals surface area contributed by atoms with Gasteiger partial charge in [-0.25, -0.2) is 0 Å². The summed E-state index contributed by atoms with van der Waals surface area (Å²) in [5.74, 6) is -2.76. The summed E-state index contributed by atoms with van der Waals surface area (Å²) in [7, 11) is 0. The third-order valence-electron chi connectivity index (χ3n) is 0.726. The van der Waals surface area contributed by atoms with Crippen molar-refractivity contribution in [2.24, 2.45) is 0 Å². The van der Waals surface area contributed by atoms with E-state index in [9.17, 15) is 22.8 Å². The van der Waals surface area contributed by atoms with E-state index in [4.69, 9.17) is 0 Å². The van der Waals surface area contributed by atoms with Gasteiger partial charge < -0.3 is 0 Å². The number of carbonyl (C=O) groups is 2. The van der Waals surface area contributed by atoms with Crippen LogP contribution in [0.5, 0.6) is 0 Å². The van der Waals surface area contributed by atoms with Gasteiger partial charge in [-0.15, -0.1) is 0 Å². The standard InChI is InChI=1S/C5H5F3O2.Ba/c1-3(9)2-4(10)5(6,7)8;/h2H2,1H3;/q;+2. The molecular formula is C5H5BaF3O2+2. The minimum atomic E-state index is -4.87. The molecule has 0 saturated heterocycles. The zero-order chi connectivity index (χ0) is 8.36. The SMILES string of the molecule is CC(=O)CC(=O)C(F)(F)F.[Ba+2]. The van der Waals surface area contributed by atoms with Gasteiger partial charge in [-0.2, -0.15) is 13.2 Å². The molecule has 0 unspecified atom stereocenters. The molecule has 11 heavy (non-hydrogen) atoms. The van der Waals surface area contributed by atoms with Crippen LogP contribution in [-0.4, -0.2) is 66.6 Å². The molecule has 0 fully saturated rings. The number of halogens is 3. The Kier molecular flexibility index (Phi) is 6.94. The largest absolute Gasteiger partial charge is 2.00 e. The molecule has 0 aliphatic carbocycles. The first kappa shape index (κ1) is 14.2. The number of rotatable bonds is 2. The Balaban J connectivity index is 0. The zero-order valence-electron chi connectivity index (χ0n) is 5.86. The Labute approximate surface area is 102 Å². The predicted molar refractivity (Wildman–Crippen MR) is 32.1 cm³/mol. The Morgan fingerprint density at radius 2 is 1.64 bits per heavy atom. The number of hydrogen-bond acceptors (Lipinski definition) is 2. The van der Waals surface area contributed by atoms with Gasteiger partial charge in [0.05, 0.1) is 6.42 Å². The van der Waals surface area contributed by atoms with Gasteiger partial charge in [-0.1, -0.05) is 0 Å². The minimum absolute atomic E-state index is 0. The van der Waals surface area contributed by atoms with E-state index in [-0.39, 0.29) is 48.9 Å². The second-order valence-electron chi connectivity index (χ2n) is 1.80. The van der Waals surface area contributed by atoms with Crippen molar-refractivity contribution in [3.8, 4) is 0 Å². The number of carbonyl (C=O) groups excluding carboxylic acids is 2. The molecule has 0 saturated carbocycles. The fraction of sp³-hybridized carbons (Fsp3) is 0.600. The fourth-order valence-corrected chi connectivity index (χ4v) is 0.326. The molecular weight excluding hydrogens is 286 g/mol. The Hall–Kier alpha value is 0.701. The van der Waals surface area contributed by atoms with E-state index in [0.717, 1.165) is 6.92 Å². The van der Waals surface area contributed by atoms with E-state index in [1.54, 1.807) is 0 Å². The summed E-state index contributed by atoms with van der Waals surface area (Å²) in [6, 6.07) is 0. The van der Waals surface area contributed by atoms with Crippen LogP contribution < -0.4 is 0 Å². The molecule has 2 nitrogen and oxygen atoms in total. The molecule has 0 bridgehead atoms. The quantitative estimate of drug-likeness (QED) is 0.555. The van der Waals surface area contributed by atoms with Crippen molar-refractivity contribution in [2.45, 2.75) is 19.5 Å². The van der Waals surface area contributed by atoms with Crippen LogP contribution in [0.3, 0.4) is 0 Å². The van der Waals surface area contributed by atoms with Crippen LogP contribution in [0.2, 0.25) is 0 Å². The monoisotopic (exact) mass is 292 g/mol. The number of hydrogen-bond donors (Lipinski definition) is 0. The number of Topliss-reactive ketones (excluding diaryl/α,β-unsaturated/α-hetero) is 2. The topological polar surface area (TPSA) is 34.1 Å². The summed E-state index contributed by atoms with van der Waals surface area (Å²) in [6.07, 6.45) is -5.92. The molecule has 0 aromatic carbocycles. The molecule has 0 amide bonds. The van der Waals surface area contributed by atoms with E-state index in [0.29, 0.717) is 0 Å². The molecule has 58 valence electrons. The number of ketones is 2. The van der Waals surface area contributed by atoms with Crippen LogP contribution in [0.25, 0.3) is 0 Å². The minimum Gasteiger partial charge on any atom is -0.300 e. The van der Waals surface area contributed by atoms with E-state index in [2.05, 4.69) is 0 Å². The third-order valence-corrected chi connectivity index (χ3v) is 0.726. The van der Waals surface area contributed by atoms with Gasteiger partial charge in [0.1, 0.15) is 5.78 Å². The first-order chi connectivity index (χ1) is 4.34. The first-order valence-corrected chi connectivity index (χ1v) is 2.43. The molecule has 0 rings (SSSR count). The van der Waals surface area contributed by atoms with Crippen LogP contribution in [0, 0.1) is 0 Å². The molecule has 0 N–H and O–H groups in total. The maximum Gasteiger partial charge on any atom is 2.00 e. The van der Waals surface area contributed by atoms with Gasteiger partial charge in [0.25, 0.3) is 0 Å². The maximum absolute atomic E-state index is 11.3. The Morgan fingerprint density at radius 1 is 1.27 bits per heavy atom. The molecule has 0 aromatic rings. The van der Waals surface area contributed by atoms with Crippen LogP contribution >= 0.6 is 0 Å². The fourth-order valence-electron chi connectivity index (χ4n) is 0.326. The van der Waals surface area contributed by atoms with Gasteiger partial charge in [-0.05, 0) is 6.92 Å². The van der Waals surface area contributed by atoms with Crippen molar-refractivity contribution in [3.05, 3.63) is 0 Å². The Morgan fingerprint density at radius 3 is 1.73 bits per heavy atom. The average molecular weight is 291 g/mol. The van der Waals surface area contributed by atoms with Gasteiger partial charge in [0, 0.05) is 0 Å². The van der Waals surface area contributed by atoms with Gasteiger partial charge in [-0.3, -0.25) is 9.59 Å². The zero-order valence-corrected chi connectivity index (χ0v) is 10.3. The summed E-state index contributed by atoms with van der Waals surface area (Å²) in [5.41, 5.74) is 0. The van der Waals surface area contributed by atoms with Crippen LogP contribution in [0.1, 0.15) is 13.3 Å². The maximum atomic E-state index is 11.3.